The van der Waals surface area contributed by atoms with Crippen LogP contribution in [0.5, 0.6) is 5.75 Å². The van der Waals surface area contributed by atoms with E-state index in [9.17, 15) is 4.39 Å². The van der Waals surface area contributed by atoms with Crippen molar-refractivity contribution in [3.63, 3.8) is 0 Å². The minimum absolute atomic E-state index is 0.219. The zero-order valence-electron chi connectivity index (χ0n) is 9.53. The number of hydrogen-bond acceptors (Lipinski definition) is 1. The Hall–Kier alpha value is -2.29. The average Bonchev–Trinajstić information content (AvgIpc) is 2.77. The van der Waals surface area contributed by atoms with Crippen molar-refractivity contribution in [3.8, 4) is 17.0 Å². The molecule has 0 fully saturated rings. The number of aromatic amines is 1. The van der Waals surface area contributed by atoms with Crippen LogP contribution in [0.4, 0.5) is 4.39 Å². The Morgan fingerprint density at radius 1 is 1.11 bits per heavy atom. The number of ether oxygens (including phenoxy) is 1. The number of nitrogens with one attached hydrogen (secondary N) is 1. The summed E-state index contributed by atoms with van der Waals surface area (Å²) in [4.78, 5) is 3.35. The molecule has 3 aromatic rings. The highest BCUT2D eigenvalue weighted by Crippen LogP contribution is 2.40. The Morgan fingerprint density at radius 2 is 2.00 bits per heavy atom. The molecule has 2 nitrogen and oxygen atoms in total. The van der Waals surface area contributed by atoms with E-state index in [0.717, 1.165) is 33.5 Å². The number of H-pyrrole nitrogens is 1. The Balaban J connectivity index is 2.08. The van der Waals surface area contributed by atoms with Gasteiger partial charge in [0.25, 0.3) is 0 Å². The number of halogens is 1. The van der Waals surface area contributed by atoms with Gasteiger partial charge in [0, 0.05) is 22.0 Å². The first-order valence-electron chi connectivity index (χ1n) is 5.85. The molecule has 2 aromatic carbocycles. The van der Waals surface area contributed by atoms with Gasteiger partial charge < -0.3 is 9.72 Å². The summed E-state index contributed by atoms with van der Waals surface area (Å²) in [5.41, 5.74) is 4.05. The van der Waals surface area contributed by atoms with Gasteiger partial charge in [-0.15, -0.1) is 0 Å². The van der Waals surface area contributed by atoms with E-state index >= 15 is 0 Å². The molecular weight excluding hydrogens is 229 g/mol. The molecule has 0 aliphatic carbocycles. The summed E-state index contributed by atoms with van der Waals surface area (Å²) in [6, 6.07) is 12.7. The number of hydrogen-bond donors (Lipinski definition) is 1. The molecule has 0 radical (unpaired) electrons. The molecule has 3 heteroatoms. The molecule has 0 unspecified atom stereocenters. The second-order valence-electron chi connectivity index (χ2n) is 4.45. The zero-order valence-corrected chi connectivity index (χ0v) is 9.53. The summed E-state index contributed by atoms with van der Waals surface area (Å²) in [6.45, 7) is 0.482. The Kier molecular flexibility index (Phi) is 1.81. The maximum absolute atomic E-state index is 13.3. The number of benzene rings is 2. The van der Waals surface area contributed by atoms with Crippen LogP contribution in [0.15, 0.2) is 42.5 Å². The number of para-hydroxylation sites is 1. The van der Waals surface area contributed by atoms with Crippen molar-refractivity contribution in [1.29, 1.82) is 0 Å². The molecule has 1 aliphatic heterocycles. The van der Waals surface area contributed by atoms with Crippen molar-refractivity contribution in [1.82, 2.24) is 4.98 Å². The maximum Gasteiger partial charge on any atom is 0.129 e. The fraction of sp³-hybridized carbons (Fsp3) is 0.0667. The average molecular weight is 239 g/mol. The van der Waals surface area contributed by atoms with Gasteiger partial charge in [-0.2, -0.15) is 0 Å². The summed E-state index contributed by atoms with van der Waals surface area (Å²) in [5.74, 6) is 0.653. The van der Waals surface area contributed by atoms with Crippen LogP contribution in [0.3, 0.4) is 0 Å². The van der Waals surface area contributed by atoms with Crippen molar-refractivity contribution in [2.75, 3.05) is 0 Å². The van der Waals surface area contributed by atoms with E-state index in [0.29, 0.717) is 6.61 Å². The lowest BCUT2D eigenvalue weighted by Gasteiger charge is -2.17. The standard InChI is InChI=1S/C15H10FNO/c16-9-5-6-13-11(7-9)12-8-18-14-4-2-1-3-10(14)15(12)17-13/h1-7,17H,8H2. The van der Waals surface area contributed by atoms with Crippen molar-refractivity contribution in [2.45, 2.75) is 6.61 Å². The predicted molar refractivity (Wildman–Crippen MR) is 68.0 cm³/mol. The Morgan fingerprint density at radius 3 is 2.94 bits per heavy atom. The molecule has 88 valence electrons. The third-order valence-corrected chi connectivity index (χ3v) is 3.40. The monoisotopic (exact) mass is 239 g/mol. The Bertz CT molecular complexity index is 760. The fourth-order valence-electron chi connectivity index (χ4n) is 2.55. The van der Waals surface area contributed by atoms with Crippen LogP contribution >= 0.6 is 0 Å². The Labute approximate surface area is 103 Å². The van der Waals surface area contributed by atoms with Gasteiger partial charge in [-0.25, -0.2) is 4.39 Å². The van der Waals surface area contributed by atoms with Gasteiger partial charge in [0.05, 0.1) is 5.69 Å². The lowest BCUT2D eigenvalue weighted by molar-refractivity contribution is 0.303. The van der Waals surface area contributed by atoms with Gasteiger partial charge in [-0.1, -0.05) is 12.1 Å². The van der Waals surface area contributed by atoms with Crippen molar-refractivity contribution in [2.24, 2.45) is 0 Å². The molecule has 0 saturated heterocycles. The minimum Gasteiger partial charge on any atom is -0.488 e. The lowest BCUT2D eigenvalue weighted by Crippen LogP contribution is -2.03. The quantitative estimate of drug-likeness (QED) is 0.633. The number of fused-ring (bicyclic) bond motifs is 5. The van der Waals surface area contributed by atoms with Gasteiger partial charge in [-0.3, -0.25) is 0 Å². The minimum atomic E-state index is -0.219. The molecule has 2 heterocycles. The highest BCUT2D eigenvalue weighted by molar-refractivity contribution is 5.92. The molecule has 1 N–H and O–H groups in total. The van der Waals surface area contributed by atoms with Crippen LogP contribution in [0, 0.1) is 5.82 Å². The van der Waals surface area contributed by atoms with E-state index in [2.05, 4.69) is 4.98 Å². The summed E-state index contributed by atoms with van der Waals surface area (Å²) < 4.78 is 19.0. The maximum atomic E-state index is 13.3. The zero-order chi connectivity index (χ0) is 12.1. The van der Waals surface area contributed by atoms with Crippen molar-refractivity contribution in [3.05, 3.63) is 53.8 Å². The van der Waals surface area contributed by atoms with Gasteiger partial charge in [0.15, 0.2) is 0 Å². The third-order valence-electron chi connectivity index (χ3n) is 3.40. The van der Waals surface area contributed by atoms with Crippen LogP contribution in [-0.2, 0) is 6.61 Å². The van der Waals surface area contributed by atoms with Gasteiger partial charge in [0.1, 0.15) is 18.2 Å². The predicted octanol–water partition coefficient (Wildman–Crippen LogP) is 3.87. The van der Waals surface area contributed by atoms with Crippen molar-refractivity contribution < 1.29 is 9.13 Å². The number of rotatable bonds is 0. The van der Waals surface area contributed by atoms with E-state index in [1.165, 1.54) is 6.07 Å². The SMILES string of the molecule is Fc1ccc2[nH]c3c(c2c1)COc1ccccc1-3. The van der Waals surface area contributed by atoms with Crippen LogP contribution in [-0.4, -0.2) is 4.98 Å². The van der Waals surface area contributed by atoms with E-state index in [1.807, 2.05) is 24.3 Å². The first-order valence-corrected chi connectivity index (χ1v) is 5.85. The molecule has 0 spiro atoms. The van der Waals surface area contributed by atoms with E-state index < -0.39 is 0 Å². The van der Waals surface area contributed by atoms with Crippen molar-refractivity contribution >= 4 is 10.9 Å². The summed E-state index contributed by atoms with van der Waals surface area (Å²) in [7, 11) is 0. The molecule has 0 bridgehead atoms. The number of aromatic nitrogens is 1. The fourth-order valence-corrected chi connectivity index (χ4v) is 2.55. The van der Waals surface area contributed by atoms with Gasteiger partial charge in [-0.05, 0) is 30.3 Å². The highest BCUT2D eigenvalue weighted by Gasteiger charge is 2.21. The lowest BCUT2D eigenvalue weighted by atomic mass is 10.0. The largest absolute Gasteiger partial charge is 0.488 e. The molecule has 4 rings (SSSR count). The topological polar surface area (TPSA) is 25.0 Å². The first-order chi connectivity index (χ1) is 8.83. The van der Waals surface area contributed by atoms with Gasteiger partial charge in [0.2, 0.25) is 0 Å². The molecule has 0 amide bonds. The highest BCUT2D eigenvalue weighted by atomic mass is 19.1. The van der Waals surface area contributed by atoms with Crippen LogP contribution in [0.25, 0.3) is 22.2 Å². The van der Waals surface area contributed by atoms with E-state index in [4.69, 9.17) is 4.74 Å². The molecule has 0 atom stereocenters. The molecular formula is C15H10FNO. The van der Waals surface area contributed by atoms with Gasteiger partial charge >= 0.3 is 0 Å². The molecule has 1 aliphatic rings. The summed E-state index contributed by atoms with van der Waals surface area (Å²) >= 11 is 0. The first kappa shape index (κ1) is 9.71. The third kappa shape index (κ3) is 1.21. The second-order valence-corrected chi connectivity index (χ2v) is 4.45. The second kappa shape index (κ2) is 3.35. The van der Waals surface area contributed by atoms with E-state index in [-0.39, 0.29) is 5.82 Å². The summed E-state index contributed by atoms with van der Waals surface area (Å²) in [6.07, 6.45) is 0. The summed E-state index contributed by atoms with van der Waals surface area (Å²) in [5, 5.41) is 0.902. The molecule has 1 aromatic heterocycles. The van der Waals surface area contributed by atoms with Crippen LogP contribution in [0.2, 0.25) is 0 Å². The van der Waals surface area contributed by atoms with E-state index in [1.54, 1.807) is 12.1 Å². The van der Waals surface area contributed by atoms with Crippen LogP contribution < -0.4 is 4.74 Å². The van der Waals surface area contributed by atoms with Crippen LogP contribution in [0.1, 0.15) is 5.56 Å². The molecule has 18 heavy (non-hydrogen) atoms. The molecule has 0 saturated carbocycles. The normalized spacial score (nSPS) is 12.9. The smallest absolute Gasteiger partial charge is 0.129 e.